The molecule has 146 valence electrons. The van der Waals surface area contributed by atoms with Gasteiger partial charge in [0.2, 0.25) is 0 Å². The zero-order valence-corrected chi connectivity index (χ0v) is 17.0. The highest BCUT2D eigenvalue weighted by molar-refractivity contribution is 7.80. The number of ether oxygens (including phenoxy) is 3. The van der Waals surface area contributed by atoms with Crippen LogP contribution in [0.1, 0.15) is 0 Å². The van der Waals surface area contributed by atoms with Crippen molar-refractivity contribution in [3.63, 3.8) is 0 Å². The minimum atomic E-state index is -1.19. The Kier molecular flexibility index (Phi) is 5.81. The van der Waals surface area contributed by atoms with Gasteiger partial charge in [0, 0.05) is 33.0 Å². The van der Waals surface area contributed by atoms with Gasteiger partial charge in [0.1, 0.15) is 17.2 Å². The molecule has 3 aromatic carbocycles. The monoisotopic (exact) mass is 397 g/mol. The molecule has 0 heterocycles. The van der Waals surface area contributed by atoms with Crippen molar-refractivity contribution in [2.24, 2.45) is 0 Å². The number of rotatable bonds is 6. The molecule has 6 nitrogen and oxygen atoms in total. The summed E-state index contributed by atoms with van der Waals surface area (Å²) in [6.45, 7) is 0. The third kappa shape index (κ3) is 3.78. The van der Waals surface area contributed by atoms with Crippen molar-refractivity contribution in [2.75, 3.05) is 38.5 Å². The third-order valence-corrected chi connectivity index (χ3v) is 7.04. The van der Waals surface area contributed by atoms with E-state index in [4.69, 9.17) is 31.4 Å². The minimum absolute atomic E-state index is 0.636. The van der Waals surface area contributed by atoms with Crippen LogP contribution in [0.15, 0.2) is 54.6 Å². The maximum atomic E-state index is 6.38. The Labute approximate surface area is 166 Å². The molecule has 0 unspecified atom stereocenters. The molecule has 0 bridgehead atoms. The average molecular weight is 397 g/mol. The fourth-order valence-corrected chi connectivity index (χ4v) is 5.47. The summed E-state index contributed by atoms with van der Waals surface area (Å²) in [6.07, 6.45) is 0. The Balaban J connectivity index is 2.33. The van der Waals surface area contributed by atoms with E-state index in [0.717, 1.165) is 15.9 Å². The van der Waals surface area contributed by atoms with Crippen LogP contribution in [0.25, 0.3) is 0 Å². The molecule has 0 fully saturated rings. The van der Waals surface area contributed by atoms with Gasteiger partial charge in [0.05, 0.1) is 21.3 Å². The number of hydrogen-bond donors (Lipinski definition) is 3. The van der Waals surface area contributed by atoms with Gasteiger partial charge in [-0.2, -0.15) is 0 Å². The fraction of sp³-hybridized carbons (Fsp3) is 0.143. The highest BCUT2D eigenvalue weighted by Gasteiger charge is 2.25. The van der Waals surface area contributed by atoms with Gasteiger partial charge in [-0.1, -0.05) is 0 Å². The zero-order valence-electron chi connectivity index (χ0n) is 16.1. The van der Waals surface area contributed by atoms with Crippen LogP contribution in [0.2, 0.25) is 0 Å². The summed E-state index contributed by atoms with van der Waals surface area (Å²) in [5.41, 5.74) is 21.0. The Morgan fingerprint density at radius 1 is 0.536 bits per heavy atom. The van der Waals surface area contributed by atoms with Crippen LogP contribution in [-0.4, -0.2) is 21.3 Å². The van der Waals surface area contributed by atoms with E-state index in [0.29, 0.717) is 34.3 Å². The van der Waals surface area contributed by atoms with E-state index in [9.17, 15) is 0 Å². The molecule has 0 atom stereocenters. The van der Waals surface area contributed by atoms with E-state index in [1.165, 1.54) is 0 Å². The van der Waals surface area contributed by atoms with Crippen LogP contribution in [0.4, 0.5) is 17.1 Å². The van der Waals surface area contributed by atoms with Crippen molar-refractivity contribution < 1.29 is 14.2 Å². The molecule has 0 aliphatic carbocycles. The second kappa shape index (κ2) is 8.28. The van der Waals surface area contributed by atoms with Gasteiger partial charge in [-0.3, -0.25) is 0 Å². The predicted molar refractivity (Wildman–Crippen MR) is 118 cm³/mol. The molecule has 6 N–H and O–H groups in total. The Bertz CT molecular complexity index is 867. The molecule has 0 saturated carbocycles. The van der Waals surface area contributed by atoms with E-state index in [1.54, 1.807) is 21.3 Å². The highest BCUT2D eigenvalue weighted by Crippen LogP contribution is 2.41. The van der Waals surface area contributed by atoms with Crippen molar-refractivity contribution in [3.8, 4) is 17.2 Å². The molecule has 0 amide bonds. The van der Waals surface area contributed by atoms with E-state index in [1.807, 2.05) is 54.6 Å². The van der Waals surface area contributed by atoms with Crippen LogP contribution in [-0.2, 0) is 0 Å². The maximum absolute atomic E-state index is 6.38. The summed E-state index contributed by atoms with van der Waals surface area (Å²) >= 11 is 0. The molecule has 7 heteroatoms. The molecular weight excluding hydrogens is 373 g/mol. The summed E-state index contributed by atoms with van der Waals surface area (Å²) in [7, 11) is 3.68. The van der Waals surface area contributed by atoms with Crippen molar-refractivity contribution >= 4 is 40.9 Å². The highest BCUT2D eigenvalue weighted by atomic mass is 31.1. The molecule has 0 saturated heterocycles. The lowest BCUT2D eigenvalue weighted by Crippen LogP contribution is -2.26. The summed E-state index contributed by atoms with van der Waals surface area (Å²) in [5, 5.41) is 2.69. The van der Waals surface area contributed by atoms with Gasteiger partial charge >= 0.3 is 0 Å². The standard InChI is InChI=1S/C21H24N3O3P/c1-25-13-4-7-16(22)19(10-13)28(20-11-14(26-2)5-8-17(20)23)21-12-15(27-3)6-9-18(21)24/h4-12H,22-24H2,1-3H3. The molecule has 28 heavy (non-hydrogen) atoms. The molecule has 0 spiro atoms. The summed E-state index contributed by atoms with van der Waals surface area (Å²) in [6, 6.07) is 16.8. The first-order valence-electron chi connectivity index (χ1n) is 8.59. The van der Waals surface area contributed by atoms with Crippen molar-refractivity contribution in [3.05, 3.63) is 54.6 Å². The number of hydrogen-bond acceptors (Lipinski definition) is 6. The second-order valence-corrected chi connectivity index (χ2v) is 8.23. The largest absolute Gasteiger partial charge is 0.497 e. The van der Waals surface area contributed by atoms with Crippen LogP contribution < -0.4 is 47.3 Å². The molecule has 3 rings (SSSR count). The Morgan fingerprint density at radius 3 is 1.07 bits per heavy atom. The normalized spacial score (nSPS) is 10.7. The summed E-state index contributed by atoms with van der Waals surface area (Å²) in [5.74, 6) is 2.12. The zero-order chi connectivity index (χ0) is 20.3. The Morgan fingerprint density at radius 2 is 0.821 bits per heavy atom. The molecule has 0 radical (unpaired) electrons. The molecule has 0 aliphatic heterocycles. The second-order valence-electron chi connectivity index (χ2n) is 6.11. The lowest BCUT2D eigenvalue weighted by Gasteiger charge is -2.25. The van der Waals surface area contributed by atoms with Gasteiger partial charge in [-0.15, -0.1) is 0 Å². The van der Waals surface area contributed by atoms with E-state index in [2.05, 4.69) is 0 Å². The third-order valence-electron chi connectivity index (χ3n) is 4.44. The van der Waals surface area contributed by atoms with Crippen LogP contribution in [0.5, 0.6) is 17.2 Å². The quantitative estimate of drug-likeness (QED) is 0.435. The number of nitrogen functional groups attached to an aromatic ring is 3. The van der Waals surface area contributed by atoms with Crippen molar-refractivity contribution in [2.45, 2.75) is 0 Å². The van der Waals surface area contributed by atoms with Gasteiger partial charge in [-0.25, -0.2) is 0 Å². The van der Waals surface area contributed by atoms with E-state index < -0.39 is 7.92 Å². The molecule has 3 aromatic rings. The number of nitrogens with two attached hydrogens (primary N) is 3. The van der Waals surface area contributed by atoms with Crippen molar-refractivity contribution in [1.29, 1.82) is 0 Å². The first-order chi connectivity index (χ1) is 13.5. The number of anilines is 3. The lowest BCUT2D eigenvalue weighted by molar-refractivity contribution is 0.415. The number of methoxy groups -OCH3 is 3. The Hall–Kier alpha value is -3.11. The van der Waals surface area contributed by atoms with Gasteiger partial charge in [0.25, 0.3) is 0 Å². The first-order valence-corrected chi connectivity index (χ1v) is 9.93. The maximum Gasteiger partial charge on any atom is 0.119 e. The average Bonchev–Trinajstić information content (AvgIpc) is 2.72. The summed E-state index contributed by atoms with van der Waals surface area (Å²) < 4.78 is 16.3. The van der Waals surface area contributed by atoms with E-state index >= 15 is 0 Å². The van der Waals surface area contributed by atoms with Gasteiger partial charge < -0.3 is 31.4 Å². The molecule has 0 aliphatic rings. The van der Waals surface area contributed by atoms with Crippen LogP contribution >= 0.6 is 7.92 Å². The van der Waals surface area contributed by atoms with E-state index in [-0.39, 0.29) is 0 Å². The number of benzene rings is 3. The molecule has 0 aromatic heterocycles. The fourth-order valence-electron chi connectivity index (χ4n) is 2.92. The SMILES string of the molecule is COc1ccc(N)c(P(c2cc(OC)ccc2N)c2cc(OC)ccc2N)c1. The molecular formula is C21H24N3O3P. The van der Waals surface area contributed by atoms with Crippen molar-refractivity contribution in [1.82, 2.24) is 0 Å². The topological polar surface area (TPSA) is 106 Å². The first kappa shape index (κ1) is 19.6. The predicted octanol–water partition coefficient (Wildman–Crippen LogP) is 2.22. The lowest BCUT2D eigenvalue weighted by atomic mass is 10.3. The van der Waals surface area contributed by atoms with Gasteiger partial charge in [0.15, 0.2) is 0 Å². The van der Waals surface area contributed by atoms with Gasteiger partial charge in [-0.05, 0) is 62.5 Å². The van der Waals surface area contributed by atoms with Crippen LogP contribution in [0, 0.1) is 0 Å². The summed E-state index contributed by atoms with van der Waals surface area (Å²) in [4.78, 5) is 0. The smallest absolute Gasteiger partial charge is 0.119 e. The minimum Gasteiger partial charge on any atom is -0.497 e. The van der Waals surface area contributed by atoms with Crippen LogP contribution in [0.3, 0.4) is 0 Å².